The minimum Gasteiger partial charge on any atom is -0.357 e. The summed E-state index contributed by atoms with van der Waals surface area (Å²) in [5.41, 5.74) is 0. The molecule has 2 saturated heterocycles. The van der Waals surface area contributed by atoms with Crippen molar-refractivity contribution in [3.63, 3.8) is 0 Å². The molecule has 0 unspecified atom stereocenters. The van der Waals surface area contributed by atoms with Crippen LogP contribution in [-0.4, -0.2) is 39.4 Å². The maximum Gasteiger partial charge on any atom is 0.202 e. The molecule has 1 aromatic rings. The number of nitrogens with one attached hydrogen (secondary N) is 1. The molecular weight excluding hydrogens is 232 g/mol. The summed E-state index contributed by atoms with van der Waals surface area (Å²) in [5, 5.41) is 4.58. The summed E-state index contributed by atoms with van der Waals surface area (Å²) < 4.78 is 4.32. The zero-order valence-electron chi connectivity index (χ0n) is 10.4. The maximum absolute atomic E-state index is 4.49. The first-order valence-electron chi connectivity index (χ1n) is 6.68. The van der Waals surface area contributed by atoms with Crippen LogP contribution >= 0.6 is 11.5 Å². The van der Waals surface area contributed by atoms with E-state index in [2.05, 4.69) is 26.5 Å². The minimum absolute atomic E-state index is 0.604. The van der Waals surface area contributed by atoms with Gasteiger partial charge in [-0.3, -0.25) is 0 Å². The SMILES string of the molecule is CCc1nsc(N[C@@H]2CCN3CCC[C@@H]3C2)n1. The van der Waals surface area contributed by atoms with Gasteiger partial charge in [0.1, 0.15) is 5.82 Å². The number of nitrogens with zero attached hydrogens (tertiary/aromatic N) is 3. The summed E-state index contributed by atoms with van der Waals surface area (Å²) >= 11 is 1.51. The van der Waals surface area contributed by atoms with Crippen LogP contribution in [0.25, 0.3) is 0 Å². The van der Waals surface area contributed by atoms with Gasteiger partial charge in [-0.25, -0.2) is 4.98 Å². The highest BCUT2D eigenvalue weighted by molar-refractivity contribution is 7.09. The van der Waals surface area contributed by atoms with E-state index in [0.29, 0.717) is 6.04 Å². The molecule has 94 valence electrons. The Morgan fingerprint density at radius 1 is 1.41 bits per heavy atom. The number of rotatable bonds is 3. The molecule has 1 aromatic heterocycles. The molecule has 4 nitrogen and oxygen atoms in total. The van der Waals surface area contributed by atoms with Crippen molar-refractivity contribution >= 4 is 16.7 Å². The van der Waals surface area contributed by atoms with E-state index in [9.17, 15) is 0 Å². The van der Waals surface area contributed by atoms with Gasteiger partial charge in [0.25, 0.3) is 0 Å². The van der Waals surface area contributed by atoms with Crippen molar-refractivity contribution in [3.8, 4) is 0 Å². The standard InChI is InChI=1S/C12H20N4S/c1-2-11-14-12(17-15-11)13-9-5-7-16-6-3-4-10(16)8-9/h9-10H,2-8H2,1H3,(H,13,14,15)/t9-,10-/m1/s1. The van der Waals surface area contributed by atoms with E-state index >= 15 is 0 Å². The second-order valence-corrected chi connectivity index (χ2v) is 5.82. The van der Waals surface area contributed by atoms with Crippen molar-refractivity contribution in [1.29, 1.82) is 0 Å². The number of anilines is 1. The van der Waals surface area contributed by atoms with Crippen LogP contribution in [0.15, 0.2) is 0 Å². The maximum atomic E-state index is 4.49. The van der Waals surface area contributed by atoms with Crippen LogP contribution in [0.1, 0.15) is 38.4 Å². The summed E-state index contributed by atoms with van der Waals surface area (Å²) in [5.74, 6) is 0.968. The Labute approximate surface area is 107 Å². The largest absolute Gasteiger partial charge is 0.357 e. The molecule has 0 radical (unpaired) electrons. The molecule has 2 aliphatic rings. The summed E-state index contributed by atoms with van der Waals surface area (Å²) in [6.07, 6.45) is 6.22. The molecule has 0 amide bonds. The van der Waals surface area contributed by atoms with E-state index in [4.69, 9.17) is 0 Å². The van der Waals surface area contributed by atoms with Gasteiger partial charge < -0.3 is 10.2 Å². The second-order valence-electron chi connectivity index (χ2n) is 5.07. The molecule has 0 aliphatic carbocycles. The topological polar surface area (TPSA) is 41.1 Å². The third-order valence-corrected chi connectivity index (χ3v) is 4.62. The average Bonchev–Trinajstić information content (AvgIpc) is 2.96. The second kappa shape index (κ2) is 4.90. The summed E-state index contributed by atoms with van der Waals surface area (Å²) in [6, 6.07) is 1.42. The van der Waals surface area contributed by atoms with Crippen LogP contribution in [0.2, 0.25) is 0 Å². The van der Waals surface area contributed by atoms with E-state index in [1.807, 2.05) is 0 Å². The van der Waals surface area contributed by atoms with Crippen molar-refractivity contribution in [2.24, 2.45) is 0 Å². The van der Waals surface area contributed by atoms with Crippen molar-refractivity contribution in [1.82, 2.24) is 14.3 Å². The first kappa shape index (κ1) is 11.4. The fraction of sp³-hybridized carbons (Fsp3) is 0.833. The monoisotopic (exact) mass is 252 g/mol. The highest BCUT2D eigenvalue weighted by atomic mass is 32.1. The van der Waals surface area contributed by atoms with Gasteiger partial charge in [-0.1, -0.05) is 6.92 Å². The Balaban J connectivity index is 1.58. The van der Waals surface area contributed by atoms with Crippen LogP contribution in [-0.2, 0) is 6.42 Å². The van der Waals surface area contributed by atoms with E-state index < -0.39 is 0 Å². The lowest BCUT2D eigenvalue weighted by Crippen LogP contribution is -2.42. The Morgan fingerprint density at radius 2 is 2.35 bits per heavy atom. The molecule has 3 heterocycles. The average molecular weight is 252 g/mol. The number of piperidine rings is 1. The highest BCUT2D eigenvalue weighted by Crippen LogP contribution is 2.28. The number of fused-ring (bicyclic) bond motifs is 1. The lowest BCUT2D eigenvalue weighted by molar-refractivity contribution is 0.188. The lowest BCUT2D eigenvalue weighted by atomic mass is 9.98. The third-order valence-electron chi connectivity index (χ3n) is 3.93. The minimum atomic E-state index is 0.604. The number of hydrogen-bond acceptors (Lipinski definition) is 5. The van der Waals surface area contributed by atoms with Crippen LogP contribution < -0.4 is 5.32 Å². The normalized spacial score (nSPS) is 29.2. The lowest BCUT2D eigenvalue weighted by Gasteiger charge is -2.34. The summed E-state index contributed by atoms with van der Waals surface area (Å²) in [6.45, 7) is 4.67. The van der Waals surface area contributed by atoms with Gasteiger partial charge in [-0.2, -0.15) is 4.37 Å². The quantitative estimate of drug-likeness (QED) is 0.895. The molecule has 0 spiro atoms. The molecule has 0 bridgehead atoms. The Morgan fingerprint density at radius 3 is 3.18 bits per heavy atom. The van der Waals surface area contributed by atoms with Crippen molar-refractivity contribution < 1.29 is 0 Å². The molecule has 17 heavy (non-hydrogen) atoms. The van der Waals surface area contributed by atoms with E-state index in [-0.39, 0.29) is 0 Å². The van der Waals surface area contributed by atoms with E-state index in [1.165, 1.54) is 50.3 Å². The van der Waals surface area contributed by atoms with E-state index in [0.717, 1.165) is 23.4 Å². The highest BCUT2D eigenvalue weighted by Gasteiger charge is 2.31. The van der Waals surface area contributed by atoms with Gasteiger partial charge in [0.2, 0.25) is 5.13 Å². The summed E-state index contributed by atoms with van der Waals surface area (Å²) in [7, 11) is 0. The number of aryl methyl sites for hydroxylation is 1. The zero-order chi connectivity index (χ0) is 11.7. The predicted octanol–water partition coefficient (Wildman–Crippen LogP) is 2.14. The Bertz CT molecular complexity index is 378. The molecule has 3 rings (SSSR count). The number of aromatic nitrogens is 2. The fourth-order valence-corrected chi connectivity index (χ4v) is 3.71. The molecule has 1 N–H and O–H groups in total. The van der Waals surface area contributed by atoms with Crippen LogP contribution in [0.3, 0.4) is 0 Å². The van der Waals surface area contributed by atoms with Gasteiger partial charge in [0.05, 0.1) is 0 Å². The van der Waals surface area contributed by atoms with Gasteiger partial charge >= 0.3 is 0 Å². The molecular formula is C12H20N4S. The third kappa shape index (κ3) is 2.45. The van der Waals surface area contributed by atoms with E-state index in [1.54, 1.807) is 0 Å². The smallest absolute Gasteiger partial charge is 0.202 e. The Kier molecular flexibility index (Phi) is 3.29. The first-order chi connectivity index (χ1) is 8.35. The van der Waals surface area contributed by atoms with Gasteiger partial charge in [0, 0.05) is 36.6 Å². The molecule has 0 saturated carbocycles. The fourth-order valence-electron chi connectivity index (χ4n) is 2.99. The zero-order valence-corrected chi connectivity index (χ0v) is 11.2. The molecule has 2 aliphatic heterocycles. The molecule has 5 heteroatoms. The van der Waals surface area contributed by atoms with Crippen LogP contribution in [0, 0.1) is 0 Å². The summed E-state index contributed by atoms with van der Waals surface area (Å²) in [4.78, 5) is 7.14. The predicted molar refractivity (Wildman–Crippen MR) is 70.5 cm³/mol. The van der Waals surface area contributed by atoms with Crippen LogP contribution in [0.5, 0.6) is 0 Å². The van der Waals surface area contributed by atoms with Crippen molar-refractivity contribution in [2.45, 2.75) is 51.1 Å². The van der Waals surface area contributed by atoms with Gasteiger partial charge in [-0.05, 0) is 32.2 Å². The first-order valence-corrected chi connectivity index (χ1v) is 7.45. The number of hydrogen-bond donors (Lipinski definition) is 1. The van der Waals surface area contributed by atoms with Crippen molar-refractivity contribution in [2.75, 3.05) is 18.4 Å². The van der Waals surface area contributed by atoms with Crippen LogP contribution in [0.4, 0.5) is 5.13 Å². The van der Waals surface area contributed by atoms with Gasteiger partial charge in [0.15, 0.2) is 0 Å². The molecule has 2 fully saturated rings. The Hall–Kier alpha value is -0.680. The van der Waals surface area contributed by atoms with Gasteiger partial charge in [-0.15, -0.1) is 0 Å². The van der Waals surface area contributed by atoms with Crippen molar-refractivity contribution in [3.05, 3.63) is 5.82 Å². The molecule has 0 aromatic carbocycles. The molecule has 2 atom stereocenters.